The molecule has 3 N–H and O–H groups in total. The lowest BCUT2D eigenvalue weighted by molar-refractivity contribution is -0.128. The van der Waals surface area contributed by atoms with Gasteiger partial charge in [0.2, 0.25) is 0 Å². The highest BCUT2D eigenvalue weighted by Gasteiger charge is 2.43. The van der Waals surface area contributed by atoms with Gasteiger partial charge in [0.15, 0.2) is 0 Å². The number of benzene rings is 2. The van der Waals surface area contributed by atoms with Crippen molar-refractivity contribution in [3.8, 4) is 5.75 Å². The number of rotatable bonds is 8. The van der Waals surface area contributed by atoms with Crippen LogP contribution in [0.1, 0.15) is 23.6 Å². The molecule has 2 aromatic rings. The van der Waals surface area contributed by atoms with E-state index in [-0.39, 0.29) is 17.8 Å². The Labute approximate surface area is 176 Å². The predicted molar refractivity (Wildman–Crippen MR) is 116 cm³/mol. The lowest BCUT2D eigenvalue weighted by atomic mass is 10.0. The number of para-hydroxylation sites is 1. The van der Waals surface area contributed by atoms with Crippen molar-refractivity contribution in [3.63, 3.8) is 0 Å². The Kier molecular flexibility index (Phi) is 6.51. The Morgan fingerprint density at radius 2 is 1.87 bits per heavy atom. The zero-order valence-electron chi connectivity index (χ0n) is 17.2. The van der Waals surface area contributed by atoms with Gasteiger partial charge in [-0.05, 0) is 18.6 Å². The molecule has 0 bridgehead atoms. The summed E-state index contributed by atoms with van der Waals surface area (Å²) in [6.07, 6.45) is 4.17. The number of nitrogen functional groups attached to an aromatic ring is 1. The van der Waals surface area contributed by atoms with Gasteiger partial charge < -0.3 is 15.4 Å². The molecule has 0 radical (unpaired) electrons. The summed E-state index contributed by atoms with van der Waals surface area (Å²) >= 11 is 0. The van der Waals surface area contributed by atoms with Gasteiger partial charge in [0.25, 0.3) is 5.91 Å². The molecule has 3 rings (SSSR count). The van der Waals surface area contributed by atoms with E-state index in [0.29, 0.717) is 25.1 Å². The summed E-state index contributed by atoms with van der Waals surface area (Å²) in [4.78, 5) is 28.5. The number of imide groups is 1. The SMILES string of the molecule is CCN1C(=O)[C@H](Cc2ccc(C(=N)N)cc2)N(CC=Cc2ccccc2OC)C1=O. The molecule has 0 aromatic heterocycles. The number of nitrogens with two attached hydrogens (primary N) is 1. The lowest BCUT2D eigenvalue weighted by Crippen LogP contribution is -2.36. The van der Waals surface area contributed by atoms with Crippen molar-refractivity contribution in [2.24, 2.45) is 5.73 Å². The van der Waals surface area contributed by atoms with Crippen LogP contribution in [0.2, 0.25) is 0 Å². The first kappa shape index (κ1) is 21.1. The van der Waals surface area contributed by atoms with Gasteiger partial charge in [0.1, 0.15) is 17.6 Å². The zero-order chi connectivity index (χ0) is 21.7. The van der Waals surface area contributed by atoms with Gasteiger partial charge in [-0.15, -0.1) is 0 Å². The van der Waals surface area contributed by atoms with Crippen molar-refractivity contribution in [1.29, 1.82) is 5.41 Å². The number of carbonyl (C=O) groups is 2. The molecule has 1 aliphatic heterocycles. The minimum Gasteiger partial charge on any atom is -0.496 e. The minimum atomic E-state index is -0.567. The number of amides is 3. The van der Waals surface area contributed by atoms with Crippen molar-refractivity contribution in [2.45, 2.75) is 19.4 Å². The van der Waals surface area contributed by atoms with Crippen LogP contribution in [0.15, 0.2) is 54.6 Å². The first-order valence-corrected chi connectivity index (χ1v) is 9.81. The van der Waals surface area contributed by atoms with E-state index in [2.05, 4.69) is 0 Å². The van der Waals surface area contributed by atoms with Crippen LogP contribution in [0, 0.1) is 5.41 Å². The van der Waals surface area contributed by atoms with Crippen LogP contribution in [0.25, 0.3) is 6.08 Å². The monoisotopic (exact) mass is 406 g/mol. The average Bonchev–Trinajstić information content (AvgIpc) is 2.97. The number of nitrogens with one attached hydrogen (secondary N) is 1. The second kappa shape index (κ2) is 9.26. The molecule has 1 heterocycles. The molecule has 3 amide bonds. The second-order valence-corrected chi connectivity index (χ2v) is 6.99. The van der Waals surface area contributed by atoms with Gasteiger partial charge in [-0.2, -0.15) is 0 Å². The Hall–Kier alpha value is -3.61. The maximum Gasteiger partial charge on any atom is 0.327 e. The molecule has 7 nitrogen and oxygen atoms in total. The Morgan fingerprint density at radius 1 is 1.17 bits per heavy atom. The van der Waals surface area contributed by atoms with Crippen molar-refractivity contribution in [1.82, 2.24) is 9.80 Å². The maximum atomic E-state index is 12.8. The predicted octanol–water partition coefficient (Wildman–Crippen LogP) is 2.89. The fraction of sp³-hybridized carbons (Fsp3) is 0.261. The molecule has 156 valence electrons. The van der Waals surface area contributed by atoms with E-state index in [9.17, 15) is 9.59 Å². The lowest BCUT2D eigenvalue weighted by Gasteiger charge is -2.20. The molecule has 0 aliphatic carbocycles. The Balaban J connectivity index is 1.79. The zero-order valence-corrected chi connectivity index (χ0v) is 17.2. The molecule has 7 heteroatoms. The van der Waals surface area contributed by atoms with Gasteiger partial charge >= 0.3 is 6.03 Å². The molecule has 1 fully saturated rings. The van der Waals surface area contributed by atoms with Crippen molar-refractivity contribution in [3.05, 3.63) is 71.3 Å². The van der Waals surface area contributed by atoms with Crippen LogP contribution in [0.4, 0.5) is 4.79 Å². The third-order valence-corrected chi connectivity index (χ3v) is 5.15. The molecule has 0 unspecified atom stereocenters. The summed E-state index contributed by atoms with van der Waals surface area (Å²) in [5.41, 5.74) is 7.94. The number of hydrogen-bond donors (Lipinski definition) is 2. The van der Waals surface area contributed by atoms with Crippen LogP contribution < -0.4 is 10.5 Å². The normalized spacial score (nSPS) is 16.5. The number of methoxy groups -OCH3 is 1. The van der Waals surface area contributed by atoms with E-state index in [1.807, 2.05) is 48.6 Å². The molecule has 1 aliphatic rings. The first-order valence-electron chi connectivity index (χ1n) is 9.81. The van der Waals surface area contributed by atoms with Crippen LogP contribution in [0.5, 0.6) is 5.75 Å². The van der Waals surface area contributed by atoms with E-state index in [1.165, 1.54) is 4.90 Å². The van der Waals surface area contributed by atoms with E-state index >= 15 is 0 Å². The molecule has 1 saturated heterocycles. The topological polar surface area (TPSA) is 99.7 Å². The van der Waals surface area contributed by atoms with Gasteiger partial charge in [-0.25, -0.2) is 4.79 Å². The third-order valence-electron chi connectivity index (χ3n) is 5.15. The van der Waals surface area contributed by atoms with Gasteiger partial charge in [-0.3, -0.25) is 15.1 Å². The average molecular weight is 406 g/mol. The van der Waals surface area contributed by atoms with E-state index in [0.717, 1.165) is 16.9 Å². The van der Waals surface area contributed by atoms with Crippen molar-refractivity contribution in [2.75, 3.05) is 20.2 Å². The first-order chi connectivity index (χ1) is 14.5. The van der Waals surface area contributed by atoms with Gasteiger partial charge in [0, 0.05) is 30.6 Å². The van der Waals surface area contributed by atoms with E-state index in [4.69, 9.17) is 15.9 Å². The molecular weight excluding hydrogens is 380 g/mol. The van der Waals surface area contributed by atoms with Crippen LogP contribution in [-0.2, 0) is 11.2 Å². The number of likely N-dealkylation sites (N-methyl/N-ethyl adjacent to an activating group) is 1. The van der Waals surface area contributed by atoms with Gasteiger partial charge in [0.05, 0.1) is 7.11 Å². The summed E-state index contributed by atoms with van der Waals surface area (Å²) in [7, 11) is 1.61. The number of hydrogen-bond acceptors (Lipinski definition) is 4. The summed E-state index contributed by atoms with van der Waals surface area (Å²) in [5, 5.41) is 7.50. The van der Waals surface area contributed by atoms with Crippen molar-refractivity contribution < 1.29 is 14.3 Å². The summed E-state index contributed by atoms with van der Waals surface area (Å²) in [6, 6.07) is 13.9. The van der Waals surface area contributed by atoms with Gasteiger partial charge in [-0.1, -0.05) is 54.6 Å². The van der Waals surface area contributed by atoms with Crippen LogP contribution in [-0.4, -0.2) is 53.8 Å². The summed E-state index contributed by atoms with van der Waals surface area (Å²) in [6.45, 7) is 2.45. The highest BCUT2D eigenvalue weighted by molar-refractivity contribution is 6.04. The standard InChI is InChI=1S/C23H26N4O3/c1-3-26-22(28)19(15-16-10-12-18(13-11-16)21(24)25)27(23(26)29)14-6-8-17-7-4-5-9-20(17)30-2/h4-13,19H,3,14-15H2,1-2H3,(H3,24,25)/t19-/m0/s1. The number of nitrogens with zero attached hydrogens (tertiary/aromatic N) is 2. The van der Waals surface area contributed by atoms with Crippen LogP contribution >= 0.6 is 0 Å². The Bertz CT molecular complexity index is 969. The summed E-state index contributed by atoms with van der Waals surface area (Å²) < 4.78 is 5.35. The Morgan fingerprint density at radius 3 is 2.50 bits per heavy atom. The molecule has 0 spiro atoms. The molecule has 2 aromatic carbocycles. The highest BCUT2D eigenvalue weighted by atomic mass is 16.5. The van der Waals surface area contributed by atoms with Crippen LogP contribution in [0.3, 0.4) is 0 Å². The summed E-state index contributed by atoms with van der Waals surface area (Å²) in [5.74, 6) is 0.549. The molecule has 1 atom stereocenters. The second-order valence-electron chi connectivity index (χ2n) is 6.99. The fourth-order valence-corrected chi connectivity index (χ4v) is 3.53. The largest absolute Gasteiger partial charge is 0.496 e. The fourth-order valence-electron chi connectivity index (χ4n) is 3.53. The highest BCUT2D eigenvalue weighted by Crippen LogP contribution is 2.23. The maximum absolute atomic E-state index is 12.8. The van der Waals surface area contributed by atoms with E-state index in [1.54, 1.807) is 31.1 Å². The smallest absolute Gasteiger partial charge is 0.327 e. The minimum absolute atomic E-state index is 0.00562. The number of urea groups is 1. The number of carbonyl (C=O) groups excluding carboxylic acids is 2. The van der Waals surface area contributed by atoms with E-state index < -0.39 is 6.04 Å². The quantitative estimate of drug-likeness (QED) is 0.400. The molecule has 0 saturated carbocycles. The molecular formula is C23H26N4O3. The van der Waals surface area contributed by atoms with Crippen molar-refractivity contribution >= 4 is 23.8 Å². The number of amidine groups is 1. The number of ether oxygens (including phenoxy) is 1. The molecule has 30 heavy (non-hydrogen) atoms. The third kappa shape index (κ3) is 4.35.